The van der Waals surface area contributed by atoms with Gasteiger partial charge in [-0.05, 0) is 55.7 Å². The molecule has 1 aromatic carbocycles. The van der Waals surface area contributed by atoms with Crippen LogP contribution in [0.3, 0.4) is 0 Å². The molecule has 3 heteroatoms. The highest BCUT2D eigenvalue weighted by Crippen LogP contribution is 2.37. The van der Waals surface area contributed by atoms with Gasteiger partial charge in [-0.15, -0.1) is 0 Å². The Morgan fingerprint density at radius 1 is 1.16 bits per heavy atom. The molecule has 2 nitrogen and oxygen atoms in total. The number of hydrogen-bond donors (Lipinski definition) is 1. The number of halogens is 1. The standard InChI is InChI=1S/C16H22ClNO/c17-14-6-4-12(5-7-14)13-9-15(10-13)18-11-16-3-1-2-8-19-16/h4-7,13,15-16,18H,1-3,8-11H2. The first-order chi connectivity index (χ1) is 9.31. The SMILES string of the molecule is Clc1ccc(C2CC(NCC3CCCCO3)C2)cc1. The van der Waals surface area contributed by atoms with Crippen molar-refractivity contribution in [1.29, 1.82) is 0 Å². The molecule has 2 fully saturated rings. The lowest BCUT2D eigenvalue weighted by Gasteiger charge is -2.37. The minimum atomic E-state index is 0.448. The van der Waals surface area contributed by atoms with Gasteiger partial charge in [0.1, 0.15) is 0 Å². The van der Waals surface area contributed by atoms with Crippen LogP contribution in [0.15, 0.2) is 24.3 Å². The van der Waals surface area contributed by atoms with E-state index in [0.717, 1.165) is 18.2 Å². The summed E-state index contributed by atoms with van der Waals surface area (Å²) in [5, 5.41) is 4.47. The highest BCUT2D eigenvalue weighted by molar-refractivity contribution is 6.30. The molecule has 0 radical (unpaired) electrons. The first-order valence-corrected chi connectivity index (χ1v) is 7.79. The van der Waals surface area contributed by atoms with Gasteiger partial charge in [0.15, 0.2) is 0 Å². The summed E-state index contributed by atoms with van der Waals surface area (Å²) >= 11 is 5.92. The van der Waals surface area contributed by atoms with Gasteiger partial charge in [-0.2, -0.15) is 0 Å². The van der Waals surface area contributed by atoms with Gasteiger partial charge in [-0.3, -0.25) is 0 Å². The second-order valence-electron chi connectivity index (χ2n) is 5.81. The van der Waals surface area contributed by atoms with Crippen molar-refractivity contribution in [3.63, 3.8) is 0 Å². The fourth-order valence-corrected chi connectivity index (χ4v) is 3.18. The largest absolute Gasteiger partial charge is 0.377 e. The third kappa shape index (κ3) is 3.50. The van der Waals surface area contributed by atoms with E-state index in [0.29, 0.717) is 18.1 Å². The predicted octanol–water partition coefficient (Wildman–Crippen LogP) is 3.74. The molecule has 1 unspecified atom stereocenters. The van der Waals surface area contributed by atoms with Crippen LogP contribution < -0.4 is 5.32 Å². The summed E-state index contributed by atoms with van der Waals surface area (Å²) < 4.78 is 5.74. The summed E-state index contributed by atoms with van der Waals surface area (Å²) in [6.45, 7) is 1.97. The van der Waals surface area contributed by atoms with Crippen LogP contribution in [0.1, 0.15) is 43.6 Å². The summed E-state index contributed by atoms with van der Waals surface area (Å²) in [6.07, 6.45) is 6.72. The van der Waals surface area contributed by atoms with Crippen LogP contribution in [-0.2, 0) is 4.74 Å². The van der Waals surface area contributed by atoms with Crippen molar-refractivity contribution >= 4 is 11.6 Å². The molecule has 3 rings (SSSR count). The van der Waals surface area contributed by atoms with E-state index in [9.17, 15) is 0 Å². The lowest BCUT2D eigenvalue weighted by molar-refractivity contribution is 0.0132. The average Bonchev–Trinajstić information content (AvgIpc) is 2.40. The second kappa shape index (κ2) is 6.25. The van der Waals surface area contributed by atoms with Crippen LogP contribution in [0.4, 0.5) is 0 Å². The lowest BCUT2D eigenvalue weighted by Crippen LogP contribution is -2.44. The first kappa shape index (κ1) is 13.4. The van der Waals surface area contributed by atoms with E-state index in [2.05, 4.69) is 17.4 Å². The van der Waals surface area contributed by atoms with Crippen LogP contribution in [0.2, 0.25) is 5.02 Å². The van der Waals surface area contributed by atoms with Crippen molar-refractivity contribution in [3.05, 3.63) is 34.9 Å². The average molecular weight is 280 g/mol. The zero-order valence-electron chi connectivity index (χ0n) is 11.3. The van der Waals surface area contributed by atoms with Crippen LogP contribution >= 0.6 is 11.6 Å². The Hall–Kier alpha value is -0.570. The molecule has 19 heavy (non-hydrogen) atoms. The summed E-state index contributed by atoms with van der Waals surface area (Å²) in [5.41, 5.74) is 1.43. The van der Waals surface area contributed by atoms with Crippen LogP contribution in [0.5, 0.6) is 0 Å². The minimum absolute atomic E-state index is 0.448. The lowest BCUT2D eigenvalue weighted by atomic mass is 9.76. The molecule has 1 aliphatic carbocycles. The molecule has 1 saturated carbocycles. The van der Waals surface area contributed by atoms with Crippen molar-refractivity contribution < 1.29 is 4.74 Å². The van der Waals surface area contributed by atoms with Gasteiger partial charge in [-0.1, -0.05) is 23.7 Å². The van der Waals surface area contributed by atoms with Gasteiger partial charge in [0.2, 0.25) is 0 Å². The maximum Gasteiger partial charge on any atom is 0.0699 e. The topological polar surface area (TPSA) is 21.3 Å². The molecule has 0 aromatic heterocycles. The summed E-state index contributed by atoms with van der Waals surface area (Å²) in [6, 6.07) is 8.98. The molecule has 1 atom stereocenters. The highest BCUT2D eigenvalue weighted by Gasteiger charge is 2.30. The molecule has 0 amide bonds. The van der Waals surface area contributed by atoms with E-state index in [1.807, 2.05) is 12.1 Å². The maximum atomic E-state index is 5.92. The molecule has 1 saturated heterocycles. The van der Waals surface area contributed by atoms with Crippen molar-refractivity contribution in [2.45, 2.75) is 50.2 Å². The number of benzene rings is 1. The van der Waals surface area contributed by atoms with Crippen LogP contribution in [0, 0.1) is 0 Å². The smallest absolute Gasteiger partial charge is 0.0699 e. The Kier molecular flexibility index (Phi) is 4.42. The number of hydrogen-bond acceptors (Lipinski definition) is 2. The summed E-state index contributed by atoms with van der Waals surface area (Å²) in [5.74, 6) is 0.710. The monoisotopic (exact) mass is 279 g/mol. The fourth-order valence-electron chi connectivity index (χ4n) is 3.06. The fraction of sp³-hybridized carbons (Fsp3) is 0.625. The van der Waals surface area contributed by atoms with E-state index in [-0.39, 0.29) is 0 Å². The molecule has 1 heterocycles. The van der Waals surface area contributed by atoms with E-state index in [1.165, 1.54) is 37.7 Å². The normalized spacial score (nSPS) is 30.9. The molecule has 1 N–H and O–H groups in total. The number of rotatable bonds is 4. The van der Waals surface area contributed by atoms with Crippen molar-refractivity contribution in [2.75, 3.05) is 13.2 Å². The van der Waals surface area contributed by atoms with Crippen molar-refractivity contribution in [1.82, 2.24) is 5.32 Å². The van der Waals surface area contributed by atoms with E-state index in [4.69, 9.17) is 16.3 Å². The predicted molar refractivity (Wildman–Crippen MR) is 78.8 cm³/mol. The third-order valence-corrected chi connectivity index (χ3v) is 4.64. The first-order valence-electron chi connectivity index (χ1n) is 7.42. The van der Waals surface area contributed by atoms with Gasteiger partial charge in [0.05, 0.1) is 6.10 Å². The van der Waals surface area contributed by atoms with Gasteiger partial charge in [0, 0.05) is 24.2 Å². The van der Waals surface area contributed by atoms with Crippen LogP contribution in [0.25, 0.3) is 0 Å². The van der Waals surface area contributed by atoms with Gasteiger partial charge < -0.3 is 10.1 Å². The molecule has 1 aliphatic heterocycles. The second-order valence-corrected chi connectivity index (χ2v) is 6.25. The number of nitrogens with one attached hydrogen (secondary N) is 1. The number of ether oxygens (including phenoxy) is 1. The molecule has 104 valence electrons. The maximum absolute atomic E-state index is 5.92. The Morgan fingerprint density at radius 2 is 1.95 bits per heavy atom. The Bertz CT molecular complexity index is 394. The molecule has 1 aromatic rings. The Morgan fingerprint density at radius 3 is 2.63 bits per heavy atom. The minimum Gasteiger partial charge on any atom is -0.377 e. The quantitative estimate of drug-likeness (QED) is 0.906. The molecule has 0 spiro atoms. The zero-order valence-corrected chi connectivity index (χ0v) is 12.0. The van der Waals surface area contributed by atoms with Crippen molar-refractivity contribution in [2.24, 2.45) is 0 Å². The summed E-state index contributed by atoms with van der Waals surface area (Å²) in [4.78, 5) is 0. The molecular formula is C16H22ClNO. The molecule has 2 aliphatic rings. The molecular weight excluding hydrogens is 258 g/mol. The molecule has 0 bridgehead atoms. The zero-order chi connectivity index (χ0) is 13.1. The Labute approximate surface area is 120 Å². The van der Waals surface area contributed by atoms with E-state index in [1.54, 1.807) is 0 Å². The van der Waals surface area contributed by atoms with Crippen LogP contribution in [-0.4, -0.2) is 25.3 Å². The highest BCUT2D eigenvalue weighted by atomic mass is 35.5. The van der Waals surface area contributed by atoms with Gasteiger partial charge in [-0.25, -0.2) is 0 Å². The van der Waals surface area contributed by atoms with E-state index < -0.39 is 0 Å². The van der Waals surface area contributed by atoms with E-state index >= 15 is 0 Å². The summed E-state index contributed by atoms with van der Waals surface area (Å²) in [7, 11) is 0. The Balaban J connectivity index is 1.39. The van der Waals surface area contributed by atoms with Gasteiger partial charge >= 0.3 is 0 Å². The van der Waals surface area contributed by atoms with Crippen molar-refractivity contribution in [3.8, 4) is 0 Å². The third-order valence-electron chi connectivity index (χ3n) is 4.39. The van der Waals surface area contributed by atoms with Gasteiger partial charge in [0.25, 0.3) is 0 Å².